The first kappa shape index (κ1) is 25.0. The molecule has 0 aliphatic carbocycles. The predicted octanol–water partition coefficient (Wildman–Crippen LogP) is 5.31. The number of amides is 2. The number of carbonyl (C=O) groups is 1. The lowest BCUT2D eigenvalue weighted by molar-refractivity contribution is 0.251. The summed E-state index contributed by atoms with van der Waals surface area (Å²) in [4.78, 5) is 14.5. The summed E-state index contributed by atoms with van der Waals surface area (Å²) in [6.07, 6.45) is 0. The molecule has 0 aliphatic heterocycles. The second-order valence-corrected chi connectivity index (χ2v) is 11.1. The number of phenols is 1. The van der Waals surface area contributed by atoms with E-state index in [9.17, 15) is 18.3 Å². The molecule has 0 saturated carbocycles. The van der Waals surface area contributed by atoms with Crippen LogP contribution in [0.1, 0.15) is 58.2 Å². The topological polar surface area (TPSA) is 144 Å². The van der Waals surface area contributed by atoms with Crippen molar-refractivity contribution in [1.29, 1.82) is 0 Å². The Hall–Kier alpha value is -3.23. The highest BCUT2D eigenvalue weighted by atomic mass is 32.2. The number of anilines is 1. The summed E-state index contributed by atoms with van der Waals surface area (Å²) >= 11 is 0. The number of rotatable bonds is 5. The first-order chi connectivity index (χ1) is 14.6. The van der Waals surface area contributed by atoms with E-state index in [0.717, 1.165) is 16.7 Å². The van der Waals surface area contributed by atoms with Gasteiger partial charge in [-0.1, -0.05) is 41.5 Å². The zero-order chi connectivity index (χ0) is 24.3. The van der Waals surface area contributed by atoms with Crippen molar-refractivity contribution in [3.8, 4) is 5.75 Å². The fourth-order valence-corrected chi connectivity index (χ4v) is 3.77. The minimum atomic E-state index is -4.08. The van der Waals surface area contributed by atoms with Crippen molar-refractivity contribution in [2.75, 3.05) is 5.32 Å². The summed E-state index contributed by atoms with van der Waals surface area (Å²) in [6, 6.07) is 8.58. The average molecular weight is 460 g/mol. The van der Waals surface area contributed by atoms with Gasteiger partial charge in [-0.25, -0.2) is 13.2 Å². The molecule has 0 bridgehead atoms. The number of carbonyl (C=O) groups excluding carboxylic acids is 1. The molecule has 0 aliphatic rings. The lowest BCUT2D eigenvalue weighted by atomic mass is 9.78. The molecule has 0 atom stereocenters. The van der Waals surface area contributed by atoms with Crippen molar-refractivity contribution in [1.82, 2.24) is 5.32 Å². The maximum atomic E-state index is 12.3. The zero-order valence-electron chi connectivity index (χ0n) is 19.1. The van der Waals surface area contributed by atoms with E-state index in [4.69, 9.17) is 5.53 Å². The summed E-state index contributed by atoms with van der Waals surface area (Å²) in [5, 5.41) is 16.2. The van der Waals surface area contributed by atoms with Gasteiger partial charge in [-0.3, -0.25) is 0 Å². The van der Waals surface area contributed by atoms with Crippen molar-refractivity contribution in [2.45, 2.75) is 63.8 Å². The average Bonchev–Trinajstić information content (AvgIpc) is 2.65. The van der Waals surface area contributed by atoms with Crippen LogP contribution in [0.25, 0.3) is 10.4 Å². The van der Waals surface area contributed by atoms with E-state index in [1.54, 1.807) is 0 Å². The van der Waals surface area contributed by atoms with Crippen molar-refractivity contribution < 1.29 is 18.3 Å². The number of hydrogen-bond acceptors (Lipinski definition) is 4. The van der Waals surface area contributed by atoms with Crippen molar-refractivity contribution in [2.24, 2.45) is 4.52 Å². The lowest BCUT2D eigenvalue weighted by Crippen LogP contribution is -2.28. The highest BCUT2D eigenvalue weighted by molar-refractivity contribution is 7.90. The quantitative estimate of drug-likeness (QED) is 0.316. The molecule has 172 valence electrons. The number of nitrogens with one attached hydrogen (secondary N) is 2. The molecule has 2 aromatic carbocycles. The Morgan fingerprint density at radius 2 is 1.53 bits per heavy atom. The van der Waals surface area contributed by atoms with Gasteiger partial charge in [0.15, 0.2) is 0 Å². The van der Waals surface area contributed by atoms with Gasteiger partial charge in [0.25, 0.3) is 10.0 Å². The second kappa shape index (κ2) is 9.10. The molecule has 2 aromatic rings. The predicted molar refractivity (Wildman–Crippen MR) is 124 cm³/mol. The Kier molecular flexibility index (Phi) is 7.12. The molecule has 10 heteroatoms. The summed E-state index contributed by atoms with van der Waals surface area (Å²) < 4.78 is 26.2. The molecule has 9 nitrogen and oxygen atoms in total. The molecule has 0 fully saturated rings. The third-order valence-corrected chi connectivity index (χ3v) is 5.95. The Labute approximate surface area is 188 Å². The van der Waals surface area contributed by atoms with Gasteiger partial charge >= 0.3 is 6.03 Å². The summed E-state index contributed by atoms with van der Waals surface area (Å²) in [5.74, 6) is 0.272. The van der Waals surface area contributed by atoms with Crippen LogP contribution in [0.3, 0.4) is 0 Å². The first-order valence-electron chi connectivity index (χ1n) is 9.98. The van der Waals surface area contributed by atoms with E-state index in [-0.39, 0.29) is 28.0 Å². The number of nitrogens with zero attached hydrogens (tertiary/aromatic N) is 3. The highest BCUT2D eigenvalue weighted by Gasteiger charge is 2.26. The standard InChI is InChI=1S/C22H29N5O4S/c1-21(2,3)17-11-14(12-18(19(17)28)22(4,5)6)13-24-20(29)25-15-7-9-16(10-8-15)32(30,31)27-26-23/h7-12,28H,13H2,1-6H3,(H2,24,25,29). The van der Waals surface area contributed by atoms with Crippen LogP contribution in [0.4, 0.5) is 10.5 Å². The van der Waals surface area contributed by atoms with Crippen LogP contribution in [0.15, 0.2) is 45.8 Å². The van der Waals surface area contributed by atoms with E-state index < -0.39 is 16.1 Å². The molecule has 0 aromatic heterocycles. The normalized spacial score (nSPS) is 12.1. The number of aromatic hydroxyl groups is 1. The highest BCUT2D eigenvalue weighted by Crippen LogP contribution is 2.39. The fraction of sp³-hybridized carbons (Fsp3) is 0.409. The number of urea groups is 1. The lowest BCUT2D eigenvalue weighted by Gasteiger charge is -2.28. The van der Waals surface area contributed by atoms with Crippen LogP contribution in [0, 0.1) is 0 Å². The molecule has 0 unspecified atom stereocenters. The van der Waals surface area contributed by atoms with Crippen molar-refractivity contribution in [3.63, 3.8) is 0 Å². The maximum absolute atomic E-state index is 12.3. The fourth-order valence-electron chi connectivity index (χ4n) is 3.10. The van der Waals surface area contributed by atoms with E-state index in [1.165, 1.54) is 24.3 Å². The van der Waals surface area contributed by atoms with Gasteiger partial charge in [-0.2, -0.15) is 0 Å². The van der Waals surface area contributed by atoms with Gasteiger partial charge in [-0.05, 0) is 69.4 Å². The number of sulfonamides is 1. The Balaban J connectivity index is 2.17. The number of phenolic OH excluding ortho intramolecular Hbond substituents is 1. The van der Waals surface area contributed by atoms with Gasteiger partial charge in [0.05, 0.1) is 4.90 Å². The van der Waals surface area contributed by atoms with Gasteiger partial charge in [0.1, 0.15) is 5.75 Å². The molecule has 32 heavy (non-hydrogen) atoms. The monoisotopic (exact) mass is 459 g/mol. The Bertz CT molecular complexity index is 1120. The maximum Gasteiger partial charge on any atom is 0.319 e. The first-order valence-corrected chi connectivity index (χ1v) is 11.4. The van der Waals surface area contributed by atoms with Gasteiger partial charge in [-0.15, -0.1) is 0 Å². The molecule has 0 radical (unpaired) electrons. The van der Waals surface area contributed by atoms with E-state index >= 15 is 0 Å². The molecule has 3 N–H and O–H groups in total. The van der Waals surface area contributed by atoms with Gasteiger partial charge < -0.3 is 15.7 Å². The van der Waals surface area contributed by atoms with Gasteiger partial charge in [0, 0.05) is 21.7 Å². The van der Waals surface area contributed by atoms with Crippen LogP contribution in [0.5, 0.6) is 5.75 Å². The minimum absolute atomic E-state index is 0.172. The third-order valence-electron chi connectivity index (χ3n) is 4.79. The van der Waals surface area contributed by atoms with Gasteiger partial charge in [0.2, 0.25) is 0 Å². The van der Waals surface area contributed by atoms with Crippen LogP contribution >= 0.6 is 0 Å². The van der Waals surface area contributed by atoms with E-state index in [2.05, 4.69) is 20.1 Å². The van der Waals surface area contributed by atoms with Crippen LogP contribution in [-0.2, 0) is 27.4 Å². The SMILES string of the molecule is CC(C)(C)c1cc(CNC(=O)Nc2ccc(S(=O)(=O)N=[N+]=[N-])cc2)cc(C(C)(C)C)c1O. The smallest absolute Gasteiger partial charge is 0.319 e. The molecular formula is C22H29N5O4S. The molecular weight excluding hydrogens is 430 g/mol. The number of hydrogen-bond donors (Lipinski definition) is 3. The van der Waals surface area contributed by atoms with Crippen molar-refractivity contribution >= 4 is 21.7 Å². The molecule has 0 spiro atoms. The number of azide groups is 1. The van der Waals surface area contributed by atoms with E-state index in [1.807, 2.05) is 53.7 Å². The third kappa shape index (κ3) is 6.15. The molecule has 0 saturated heterocycles. The minimum Gasteiger partial charge on any atom is -0.507 e. The van der Waals surface area contributed by atoms with Crippen LogP contribution < -0.4 is 10.6 Å². The molecule has 2 amide bonds. The second-order valence-electron chi connectivity index (χ2n) is 9.52. The molecule has 0 heterocycles. The zero-order valence-corrected chi connectivity index (χ0v) is 19.9. The Morgan fingerprint density at radius 3 is 1.97 bits per heavy atom. The summed E-state index contributed by atoms with van der Waals surface area (Å²) in [6.45, 7) is 12.3. The largest absolute Gasteiger partial charge is 0.507 e. The van der Waals surface area contributed by atoms with Crippen molar-refractivity contribution in [3.05, 3.63) is 63.5 Å². The Morgan fingerprint density at radius 1 is 1.03 bits per heavy atom. The number of benzene rings is 2. The summed E-state index contributed by atoms with van der Waals surface area (Å²) in [7, 11) is -4.08. The van der Waals surface area contributed by atoms with Crippen LogP contribution in [-0.4, -0.2) is 19.6 Å². The van der Waals surface area contributed by atoms with E-state index in [0.29, 0.717) is 5.69 Å². The van der Waals surface area contributed by atoms with Crippen LogP contribution in [0.2, 0.25) is 0 Å². The summed E-state index contributed by atoms with van der Waals surface area (Å²) in [5.41, 5.74) is 10.6. The molecule has 2 rings (SSSR count).